The van der Waals surface area contributed by atoms with E-state index in [1.165, 1.54) is 45.3 Å². The second kappa shape index (κ2) is 36.4. The Balaban J connectivity index is 0.000000119. The summed E-state index contributed by atoms with van der Waals surface area (Å²) in [5.41, 5.74) is 13.9. The van der Waals surface area contributed by atoms with Crippen LogP contribution in [0.5, 0.6) is 23.4 Å². The van der Waals surface area contributed by atoms with Crippen molar-refractivity contribution in [2.45, 2.75) is 249 Å². The van der Waals surface area contributed by atoms with Crippen LogP contribution in [0.15, 0.2) is 91.4 Å². The summed E-state index contributed by atoms with van der Waals surface area (Å²) >= 11 is 6.06. The highest BCUT2D eigenvalue weighted by Gasteiger charge is 2.40. The van der Waals surface area contributed by atoms with Crippen LogP contribution in [0.2, 0.25) is 0 Å². The summed E-state index contributed by atoms with van der Waals surface area (Å²) in [4.78, 5) is 103. The van der Waals surface area contributed by atoms with E-state index in [0.717, 1.165) is 156 Å². The fraction of sp³-hybridized carbons (Fsp3) is 0.452. The molecule has 12 aromatic rings. The number of aryl methyl sites for hydroxylation is 4. The van der Waals surface area contributed by atoms with Crippen molar-refractivity contribution in [3.8, 4) is 23.4 Å². The molecule has 10 atom stereocenters. The molecule has 126 heavy (non-hydrogen) atoms. The summed E-state index contributed by atoms with van der Waals surface area (Å²) in [6, 6.07) is 23.0. The quantitative estimate of drug-likeness (QED) is 0.0816. The maximum Gasteiger partial charge on any atom is 0.316 e. The highest BCUT2D eigenvalue weighted by atomic mass is 32.1. The Morgan fingerprint density at radius 2 is 0.754 bits per heavy atom. The number of rotatable bonds is 16. The predicted octanol–water partition coefficient (Wildman–Crippen LogP) is 16.7. The normalized spacial score (nSPS) is 21.5. The minimum absolute atomic E-state index is 0.0170. The number of carbonyl (C=O) groups is 4. The molecule has 0 radical (unpaired) electrons. The van der Waals surface area contributed by atoms with Crippen molar-refractivity contribution in [3.63, 3.8) is 0 Å². The topological polar surface area (TPSA) is 247 Å². The van der Waals surface area contributed by atoms with Gasteiger partial charge < -0.3 is 38.5 Å². The van der Waals surface area contributed by atoms with Gasteiger partial charge in [-0.3, -0.25) is 48.7 Å². The maximum absolute atomic E-state index is 14.9. The Morgan fingerprint density at radius 1 is 0.389 bits per heavy atom. The van der Waals surface area contributed by atoms with Gasteiger partial charge >= 0.3 is 6.01 Å². The lowest BCUT2D eigenvalue weighted by Crippen LogP contribution is -2.32. The molecule has 8 aliphatic rings. The number of fused-ring (bicyclic) bond motifs is 8. The Hall–Kier alpha value is -10.4. The van der Waals surface area contributed by atoms with Crippen LogP contribution in [-0.4, -0.2) is 182 Å². The van der Waals surface area contributed by atoms with Crippen molar-refractivity contribution >= 4 is 110 Å². The molecule has 16 heterocycles. The predicted molar refractivity (Wildman–Crippen MR) is 477 cm³/mol. The van der Waals surface area contributed by atoms with E-state index >= 15 is 0 Å². The molecule has 0 spiro atoms. The molecule has 4 fully saturated rings. The molecule has 4 aromatic carbocycles. The zero-order valence-electron chi connectivity index (χ0n) is 73.2. The van der Waals surface area contributed by atoms with Crippen molar-refractivity contribution in [2.75, 3.05) is 26.2 Å². The average Bonchev–Trinajstić information content (AvgIpc) is 1.64. The summed E-state index contributed by atoms with van der Waals surface area (Å²) < 4.78 is 87.4. The number of pyridine rings is 3. The number of hydrogen-bond donors (Lipinski definition) is 0. The first-order valence-corrected chi connectivity index (χ1v) is 46.3. The molecule has 0 saturated carbocycles. The number of carbonyl (C=O) groups excluding carboxylic acids is 4. The number of nitrogens with zero attached hydrogens (tertiary/aromatic N) is 17. The minimum Gasteiger partial charge on any atom is -0.487 e. The molecule has 4 amide bonds. The summed E-state index contributed by atoms with van der Waals surface area (Å²) in [5, 5.41) is 3.78. The molecule has 660 valence electrons. The van der Waals surface area contributed by atoms with Gasteiger partial charge in [-0.1, -0.05) is 0 Å². The molecular weight excluding hydrogens is 1690 g/mol. The number of hydrogen-bond acceptors (Lipinski definition) is 25. The van der Waals surface area contributed by atoms with Crippen molar-refractivity contribution in [3.05, 3.63) is 202 Å². The first-order valence-electron chi connectivity index (χ1n) is 43.0. The summed E-state index contributed by atoms with van der Waals surface area (Å²) in [7, 11) is 0. The van der Waals surface area contributed by atoms with Gasteiger partial charge in [-0.2, -0.15) is 4.98 Å². The fourth-order valence-electron chi connectivity index (χ4n) is 18.7. The van der Waals surface area contributed by atoms with E-state index in [9.17, 15) is 36.7 Å². The zero-order valence-corrected chi connectivity index (χ0v) is 76.4. The molecule has 0 N–H and O–H groups in total. The highest BCUT2D eigenvalue weighted by molar-refractivity contribution is 7.19. The number of halogens is 4. The standard InChI is InChI=1S/C24H27FN4O2S.C23H26FN5O2S.2C23H25FN4O2S/c1-13-7-18(31-24-6-5-17-10-28(16(4)30)12-22(17)27-24)11-29(13)14(2)19-8-21-23(9-20(19)25)32-15(3)26-21;1-12-5-17(31-23-25-8-16-9-28(15(4)30)11-21(16)27-23)10-29(12)13(2)18-6-20-22(7-19(18)24)32-14(3)26-20;2*1-13-4-19(30-18-5-17-10-28(15(3)29)12-22(17)25-8-18)11-27(13)9-16-6-21-23(7-20(16)24)31-14(2)26-21/h5-6,8-9,13-14,18H,7,10-12H2,1-4H3;6-8,12-13,17H,5,9-11H2,1-4H3;2*5-8,13,19H,4,9-12H2,1-3H3/t13-,14-,18+;12-,13-,17+;2*13-,19+/m0010/s1. The molecule has 4 saturated heterocycles. The molecule has 25 nitrogen and oxygen atoms in total. The van der Waals surface area contributed by atoms with E-state index in [4.69, 9.17) is 18.9 Å². The lowest BCUT2D eigenvalue weighted by atomic mass is 10.0. The Labute approximate surface area is 745 Å². The van der Waals surface area contributed by atoms with E-state index in [1.54, 1.807) is 90.2 Å². The largest absolute Gasteiger partial charge is 0.487 e. The van der Waals surface area contributed by atoms with Gasteiger partial charge in [0.05, 0.1) is 122 Å². The van der Waals surface area contributed by atoms with Crippen LogP contribution in [0.25, 0.3) is 40.9 Å². The van der Waals surface area contributed by atoms with Gasteiger partial charge in [0, 0.05) is 195 Å². The molecular formula is C93H103F4N17O8S4. The second-order valence-electron chi connectivity index (χ2n) is 34.8. The lowest BCUT2D eigenvalue weighted by Gasteiger charge is -2.29. The van der Waals surface area contributed by atoms with Crippen molar-refractivity contribution in [2.24, 2.45) is 0 Å². The first-order chi connectivity index (χ1) is 60.3. The summed E-state index contributed by atoms with van der Waals surface area (Å²) in [6.07, 6.45) is 8.59. The minimum atomic E-state index is -0.192. The number of thiazole rings is 4. The number of amides is 4. The number of ether oxygens (including phenoxy) is 4. The molecule has 20 rings (SSSR count). The van der Waals surface area contributed by atoms with Crippen LogP contribution in [0.4, 0.5) is 17.6 Å². The number of aromatic nitrogens is 9. The smallest absolute Gasteiger partial charge is 0.316 e. The van der Waals surface area contributed by atoms with Crippen LogP contribution in [0.1, 0.15) is 194 Å². The van der Waals surface area contributed by atoms with Crippen LogP contribution in [0, 0.1) is 51.0 Å². The van der Waals surface area contributed by atoms with Gasteiger partial charge in [-0.05, 0) is 153 Å². The molecule has 8 aromatic heterocycles. The Bertz CT molecular complexity index is 5820. The number of benzene rings is 4. The average molecular weight is 1790 g/mol. The van der Waals surface area contributed by atoms with E-state index in [2.05, 4.69) is 92.2 Å². The van der Waals surface area contributed by atoms with Crippen LogP contribution >= 0.6 is 45.3 Å². The van der Waals surface area contributed by atoms with E-state index in [1.807, 2.05) is 90.1 Å². The van der Waals surface area contributed by atoms with E-state index < -0.39 is 0 Å². The summed E-state index contributed by atoms with van der Waals surface area (Å²) in [5.74, 6) is 1.52. The third kappa shape index (κ3) is 19.2. The highest BCUT2D eigenvalue weighted by Crippen LogP contribution is 2.41. The second-order valence-corrected chi connectivity index (χ2v) is 39.7. The van der Waals surface area contributed by atoms with Crippen molar-refractivity contribution in [1.29, 1.82) is 0 Å². The molecule has 0 unspecified atom stereocenters. The van der Waals surface area contributed by atoms with Gasteiger partial charge in [0.2, 0.25) is 29.5 Å². The molecule has 0 aliphatic carbocycles. The third-order valence-corrected chi connectivity index (χ3v) is 29.2. The van der Waals surface area contributed by atoms with E-state index in [0.29, 0.717) is 113 Å². The monoisotopic (exact) mass is 1790 g/mol. The molecule has 8 aliphatic heterocycles. The first kappa shape index (κ1) is 87.7. The van der Waals surface area contributed by atoms with Gasteiger partial charge in [0.1, 0.15) is 59.2 Å². The van der Waals surface area contributed by atoms with Crippen LogP contribution < -0.4 is 18.9 Å². The summed E-state index contributed by atoms with van der Waals surface area (Å²) in [6.45, 7) is 35.1. The van der Waals surface area contributed by atoms with Crippen molar-refractivity contribution < 1.29 is 55.7 Å². The maximum atomic E-state index is 14.9. The van der Waals surface area contributed by atoms with Gasteiger partial charge in [0.15, 0.2) is 0 Å². The van der Waals surface area contributed by atoms with Gasteiger partial charge in [-0.15, -0.1) is 45.3 Å². The fourth-order valence-corrected chi connectivity index (χ4v) is 22.0. The van der Waals surface area contributed by atoms with Crippen LogP contribution in [0.3, 0.4) is 0 Å². The van der Waals surface area contributed by atoms with Gasteiger partial charge in [-0.25, -0.2) is 47.5 Å². The van der Waals surface area contributed by atoms with E-state index in [-0.39, 0.29) is 108 Å². The van der Waals surface area contributed by atoms with Gasteiger partial charge in [0.25, 0.3) is 0 Å². The van der Waals surface area contributed by atoms with Crippen LogP contribution in [-0.2, 0) is 84.6 Å². The Kier molecular flexibility index (Phi) is 25.3. The molecule has 0 bridgehead atoms. The van der Waals surface area contributed by atoms with Crippen molar-refractivity contribution in [1.82, 2.24) is 84.1 Å². The molecule has 33 heteroatoms. The third-order valence-electron chi connectivity index (χ3n) is 25.5. The Morgan fingerprint density at radius 3 is 1.18 bits per heavy atom. The SMILES string of the molecule is CC(=O)N1Cc2cc(O[C@@H]3C[C@H](C)N(Cc4cc5nc(C)sc5cc4F)C3)cnc2C1.CC(=O)N1Cc2cc(O[C@H]3C[C@@H](C)N(Cc4cc5nc(C)sc5cc4F)C3)cnc2C1.CC(=O)N1Cc2ccc(O[C@@H]3C[C@H](C)N([C@@H](C)c4cc5nc(C)sc5cc4F)C3)nc2C1.CC(=O)N1Cc2cnc(O[C@@H]3C[C@H](C)N([C@@H](C)c4cc5nc(C)sc5cc4F)C3)nc2C1. The zero-order chi connectivity index (χ0) is 88.5. The number of likely N-dealkylation sites (tertiary alicyclic amines) is 4. The lowest BCUT2D eigenvalue weighted by molar-refractivity contribution is -0.130.